The van der Waals surface area contributed by atoms with Gasteiger partial charge in [-0.15, -0.1) is 0 Å². The topological polar surface area (TPSA) is 46.6 Å². The molecule has 3 heterocycles. The summed E-state index contributed by atoms with van der Waals surface area (Å²) in [4.78, 5) is 6.26. The number of ether oxygens (including phenoxy) is 2. The highest BCUT2D eigenvalue weighted by Crippen LogP contribution is 2.29. The van der Waals surface area contributed by atoms with Crippen molar-refractivity contribution in [2.24, 2.45) is 5.92 Å². The maximum absolute atomic E-state index is 12.6. The lowest BCUT2D eigenvalue weighted by atomic mass is 9.97. The molecule has 2 saturated heterocycles. The molecular weight excluding hydrogens is 323 g/mol. The van der Waals surface area contributed by atoms with Gasteiger partial charge in [-0.3, -0.25) is 4.90 Å². The fourth-order valence-electron chi connectivity index (χ4n) is 3.23. The number of aromatic nitrogens is 1. The van der Waals surface area contributed by atoms with E-state index < -0.39 is 11.7 Å². The Morgan fingerprint density at radius 1 is 1.21 bits per heavy atom. The molecule has 1 N–H and O–H groups in total. The monoisotopic (exact) mass is 345 g/mol. The molecule has 8 heteroatoms. The maximum atomic E-state index is 12.6. The van der Waals surface area contributed by atoms with Crippen molar-refractivity contribution in [2.75, 3.05) is 51.4 Å². The van der Waals surface area contributed by atoms with E-state index in [2.05, 4.69) is 15.2 Å². The number of nitrogens with one attached hydrogen (secondary N) is 1. The summed E-state index contributed by atoms with van der Waals surface area (Å²) in [5.74, 6) is 0.880. The first kappa shape index (κ1) is 17.4. The van der Waals surface area contributed by atoms with Crippen LogP contribution in [-0.2, 0) is 15.7 Å². The average Bonchev–Trinajstić information content (AvgIpc) is 3.10. The third-order valence-corrected chi connectivity index (χ3v) is 4.61. The number of halogens is 3. The third-order valence-electron chi connectivity index (χ3n) is 4.61. The number of anilines is 1. The van der Waals surface area contributed by atoms with Gasteiger partial charge in [0.25, 0.3) is 0 Å². The molecule has 3 rings (SSSR count). The Balaban J connectivity index is 1.62. The van der Waals surface area contributed by atoms with E-state index >= 15 is 0 Å². The predicted octanol–water partition coefficient (Wildman–Crippen LogP) is 2.25. The molecule has 1 aromatic rings. The molecule has 1 aromatic heterocycles. The van der Waals surface area contributed by atoms with E-state index in [4.69, 9.17) is 9.47 Å². The van der Waals surface area contributed by atoms with Crippen LogP contribution in [0, 0.1) is 5.92 Å². The minimum atomic E-state index is -4.36. The van der Waals surface area contributed by atoms with Gasteiger partial charge in [-0.25, -0.2) is 4.98 Å². The molecule has 2 atom stereocenters. The van der Waals surface area contributed by atoms with Crippen molar-refractivity contribution in [3.8, 4) is 0 Å². The zero-order valence-electron chi connectivity index (χ0n) is 13.4. The van der Waals surface area contributed by atoms with Crippen LogP contribution in [0.1, 0.15) is 12.0 Å². The highest BCUT2D eigenvalue weighted by Gasteiger charge is 2.32. The van der Waals surface area contributed by atoms with Crippen LogP contribution in [0.3, 0.4) is 0 Å². The van der Waals surface area contributed by atoms with E-state index in [-0.39, 0.29) is 6.04 Å². The van der Waals surface area contributed by atoms with Gasteiger partial charge in [0.1, 0.15) is 5.82 Å². The third kappa shape index (κ3) is 4.37. The summed E-state index contributed by atoms with van der Waals surface area (Å²) in [6, 6.07) is 2.70. The number of hydrogen-bond donors (Lipinski definition) is 1. The molecule has 0 radical (unpaired) electrons. The molecular formula is C16H22F3N3O2. The Kier molecular flexibility index (Phi) is 5.57. The zero-order chi connectivity index (χ0) is 17.0. The number of nitrogens with zero attached hydrogens (tertiary/aromatic N) is 2. The van der Waals surface area contributed by atoms with Gasteiger partial charge < -0.3 is 14.8 Å². The van der Waals surface area contributed by atoms with Gasteiger partial charge in [-0.05, 0) is 18.6 Å². The SMILES string of the molecule is FC(F)(F)c1ccc(NC[C@@H]([C@H]2CCOC2)N2CCOCC2)nc1. The Bertz CT molecular complexity index is 512. The summed E-state index contributed by atoms with van der Waals surface area (Å²) < 4.78 is 48.7. The van der Waals surface area contributed by atoms with Gasteiger partial charge in [-0.2, -0.15) is 13.2 Å². The lowest BCUT2D eigenvalue weighted by molar-refractivity contribution is -0.137. The van der Waals surface area contributed by atoms with Crippen molar-refractivity contribution in [3.63, 3.8) is 0 Å². The molecule has 0 amide bonds. The number of rotatable bonds is 5. The van der Waals surface area contributed by atoms with E-state index in [0.717, 1.165) is 45.0 Å². The molecule has 0 saturated carbocycles. The second-order valence-corrected chi connectivity index (χ2v) is 6.15. The van der Waals surface area contributed by atoms with E-state index in [1.54, 1.807) is 0 Å². The molecule has 2 aliphatic heterocycles. The van der Waals surface area contributed by atoms with Gasteiger partial charge in [0.05, 0.1) is 25.4 Å². The van der Waals surface area contributed by atoms with Gasteiger partial charge in [-0.1, -0.05) is 0 Å². The van der Waals surface area contributed by atoms with Crippen LogP contribution in [-0.4, -0.2) is 62.0 Å². The molecule has 0 unspecified atom stereocenters. The zero-order valence-corrected chi connectivity index (χ0v) is 13.4. The lowest BCUT2D eigenvalue weighted by Gasteiger charge is -2.37. The lowest BCUT2D eigenvalue weighted by Crippen LogP contribution is -2.50. The van der Waals surface area contributed by atoms with Crippen LogP contribution >= 0.6 is 0 Å². The summed E-state index contributed by atoms with van der Waals surface area (Å²) in [6.45, 7) is 5.28. The van der Waals surface area contributed by atoms with Gasteiger partial charge in [0, 0.05) is 44.4 Å². The maximum Gasteiger partial charge on any atom is 0.417 e. The molecule has 0 aromatic carbocycles. The van der Waals surface area contributed by atoms with Gasteiger partial charge >= 0.3 is 6.18 Å². The molecule has 134 valence electrons. The Morgan fingerprint density at radius 2 is 2.00 bits per heavy atom. The van der Waals surface area contributed by atoms with E-state index in [1.807, 2.05) is 0 Å². The first-order chi connectivity index (χ1) is 11.5. The molecule has 0 spiro atoms. The van der Waals surface area contributed by atoms with Crippen LogP contribution < -0.4 is 5.32 Å². The molecule has 0 bridgehead atoms. The molecule has 2 fully saturated rings. The highest BCUT2D eigenvalue weighted by atomic mass is 19.4. The molecule has 24 heavy (non-hydrogen) atoms. The summed E-state index contributed by atoms with van der Waals surface area (Å²) in [5, 5.41) is 3.18. The largest absolute Gasteiger partial charge is 0.417 e. The van der Waals surface area contributed by atoms with Crippen LogP contribution in [0.5, 0.6) is 0 Å². The van der Waals surface area contributed by atoms with Crippen LogP contribution in [0.4, 0.5) is 19.0 Å². The number of morpholine rings is 1. The number of hydrogen-bond acceptors (Lipinski definition) is 5. The normalized spacial score (nSPS) is 24.0. The standard InChI is InChI=1S/C16H22F3N3O2/c17-16(18,19)13-1-2-15(20-9-13)21-10-14(12-3-6-24-11-12)22-4-7-23-8-5-22/h1-2,9,12,14H,3-8,10-11H2,(H,20,21)/t12-,14-/m0/s1. The van der Waals surface area contributed by atoms with Crippen molar-refractivity contribution in [1.82, 2.24) is 9.88 Å². The fourth-order valence-corrected chi connectivity index (χ4v) is 3.23. The van der Waals surface area contributed by atoms with Crippen molar-refractivity contribution in [2.45, 2.75) is 18.6 Å². The van der Waals surface area contributed by atoms with Crippen molar-refractivity contribution < 1.29 is 22.6 Å². The molecule has 5 nitrogen and oxygen atoms in total. The number of pyridine rings is 1. The Labute approximate surface area is 139 Å². The predicted molar refractivity (Wildman–Crippen MR) is 82.8 cm³/mol. The Morgan fingerprint density at radius 3 is 2.58 bits per heavy atom. The molecule has 0 aliphatic carbocycles. The molecule has 2 aliphatic rings. The van der Waals surface area contributed by atoms with Crippen LogP contribution in [0.15, 0.2) is 18.3 Å². The number of alkyl halides is 3. The Hall–Kier alpha value is -1.38. The minimum Gasteiger partial charge on any atom is -0.381 e. The van der Waals surface area contributed by atoms with E-state index in [0.29, 0.717) is 31.5 Å². The van der Waals surface area contributed by atoms with Crippen LogP contribution in [0.25, 0.3) is 0 Å². The van der Waals surface area contributed by atoms with Crippen molar-refractivity contribution >= 4 is 5.82 Å². The second-order valence-electron chi connectivity index (χ2n) is 6.15. The van der Waals surface area contributed by atoms with E-state index in [1.165, 1.54) is 6.07 Å². The van der Waals surface area contributed by atoms with Crippen LogP contribution in [0.2, 0.25) is 0 Å². The summed E-state index contributed by atoms with van der Waals surface area (Å²) in [6.07, 6.45) is -2.49. The minimum absolute atomic E-state index is 0.264. The van der Waals surface area contributed by atoms with E-state index in [9.17, 15) is 13.2 Å². The van der Waals surface area contributed by atoms with Gasteiger partial charge in [0.2, 0.25) is 0 Å². The first-order valence-electron chi connectivity index (χ1n) is 8.21. The average molecular weight is 345 g/mol. The fraction of sp³-hybridized carbons (Fsp3) is 0.688. The first-order valence-corrected chi connectivity index (χ1v) is 8.21. The van der Waals surface area contributed by atoms with Gasteiger partial charge in [0.15, 0.2) is 0 Å². The smallest absolute Gasteiger partial charge is 0.381 e. The highest BCUT2D eigenvalue weighted by molar-refractivity contribution is 5.36. The summed E-state index contributed by atoms with van der Waals surface area (Å²) in [5.41, 5.74) is -0.734. The summed E-state index contributed by atoms with van der Waals surface area (Å²) >= 11 is 0. The quantitative estimate of drug-likeness (QED) is 0.887. The van der Waals surface area contributed by atoms with Crippen molar-refractivity contribution in [1.29, 1.82) is 0 Å². The van der Waals surface area contributed by atoms with Crippen molar-refractivity contribution in [3.05, 3.63) is 23.9 Å². The summed E-state index contributed by atoms with van der Waals surface area (Å²) in [7, 11) is 0. The second kappa shape index (κ2) is 7.67.